The summed E-state index contributed by atoms with van der Waals surface area (Å²) in [7, 11) is 0. The average Bonchev–Trinajstić information content (AvgIpc) is 2.73. The molecule has 0 aliphatic rings. The number of hydrogen-bond donors (Lipinski definition) is 1. The summed E-state index contributed by atoms with van der Waals surface area (Å²) in [6.07, 6.45) is 2.08. The quantitative estimate of drug-likeness (QED) is 0.543. The van der Waals surface area contributed by atoms with Gasteiger partial charge in [0.15, 0.2) is 4.77 Å². The highest BCUT2D eigenvalue weighted by molar-refractivity contribution is 7.98. The third-order valence-corrected chi connectivity index (χ3v) is 4.23. The summed E-state index contributed by atoms with van der Waals surface area (Å²) in [5.41, 5.74) is 4.57. The van der Waals surface area contributed by atoms with Crippen LogP contribution in [0.4, 0.5) is 0 Å². The molecule has 2 nitrogen and oxygen atoms in total. The fourth-order valence-electron chi connectivity index (χ4n) is 2.28. The Morgan fingerprint density at radius 1 is 1.16 bits per heavy atom. The average molecular weight is 286 g/mol. The number of aromatic amines is 1. The first-order valence-corrected chi connectivity index (χ1v) is 7.69. The predicted molar refractivity (Wildman–Crippen MR) is 85.0 cm³/mol. The summed E-state index contributed by atoms with van der Waals surface area (Å²) in [4.78, 5) is 4.51. The molecule has 0 saturated carbocycles. The molecule has 0 bridgehead atoms. The van der Waals surface area contributed by atoms with Crippen LogP contribution in [0.15, 0.2) is 47.4 Å². The zero-order valence-corrected chi connectivity index (χ0v) is 12.4. The van der Waals surface area contributed by atoms with E-state index in [1.165, 1.54) is 10.5 Å². The first kappa shape index (κ1) is 12.5. The lowest BCUT2D eigenvalue weighted by atomic mass is 10.2. The number of aromatic nitrogens is 2. The molecule has 0 unspecified atom stereocenters. The Balaban J connectivity index is 2.36. The van der Waals surface area contributed by atoms with Crippen molar-refractivity contribution in [2.75, 3.05) is 6.26 Å². The van der Waals surface area contributed by atoms with Crippen LogP contribution in [0.5, 0.6) is 0 Å². The molecule has 4 heteroatoms. The van der Waals surface area contributed by atoms with Gasteiger partial charge in [-0.3, -0.25) is 4.57 Å². The largest absolute Gasteiger partial charge is 0.330 e. The van der Waals surface area contributed by atoms with Crippen molar-refractivity contribution >= 4 is 35.0 Å². The van der Waals surface area contributed by atoms with E-state index in [1.54, 1.807) is 11.8 Å². The molecule has 0 saturated heterocycles. The number of benzene rings is 2. The van der Waals surface area contributed by atoms with E-state index in [9.17, 15) is 0 Å². The van der Waals surface area contributed by atoms with Crippen LogP contribution in [-0.4, -0.2) is 15.8 Å². The van der Waals surface area contributed by atoms with Crippen LogP contribution in [0.2, 0.25) is 0 Å². The number of nitrogens with one attached hydrogen (secondary N) is 1. The zero-order chi connectivity index (χ0) is 13.4. The molecular formula is C15H14N2S2. The monoisotopic (exact) mass is 286 g/mol. The smallest absolute Gasteiger partial charge is 0.182 e. The number of imidazole rings is 1. The normalized spacial score (nSPS) is 11.1. The standard InChI is InChI=1S/C15H14N2S2/c1-10-7-8-12-11(9-10)16-15(18)17(12)13-5-3-4-6-14(13)19-2/h3-9H,1-2H3,(H,16,18). The molecule has 19 heavy (non-hydrogen) atoms. The minimum atomic E-state index is 0.738. The molecule has 0 spiro atoms. The molecule has 0 aliphatic carbocycles. The molecule has 0 amide bonds. The van der Waals surface area contributed by atoms with Gasteiger partial charge in [-0.1, -0.05) is 18.2 Å². The SMILES string of the molecule is CSc1ccccc1-n1c(=S)[nH]c2cc(C)ccc21. The number of thioether (sulfide) groups is 1. The summed E-state index contributed by atoms with van der Waals surface area (Å²) < 4.78 is 2.85. The van der Waals surface area contributed by atoms with E-state index in [4.69, 9.17) is 12.2 Å². The van der Waals surface area contributed by atoms with Crippen LogP contribution in [0.1, 0.15) is 5.56 Å². The van der Waals surface area contributed by atoms with Crippen molar-refractivity contribution in [3.63, 3.8) is 0 Å². The van der Waals surface area contributed by atoms with E-state index >= 15 is 0 Å². The van der Waals surface area contributed by atoms with Gasteiger partial charge in [0.05, 0.1) is 16.7 Å². The number of H-pyrrole nitrogens is 1. The van der Waals surface area contributed by atoms with E-state index < -0.39 is 0 Å². The number of aryl methyl sites for hydroxylation is 1. The van der Waals surface area contributed by atoms with Gasteiger partial charge in [0.1, 0.15) is 0 Å². The maximum atomic E-state index is 5.48. The van der Waals surface area contributed by atoms with Crippen molar-refractivity contribution in [1.29, 1.82) is 0 Å². The Kier molecular flexibility index (Phi) is 3.21. The Hall–Kier alpha value is -1.52. The van der Waals surface area contributed by atoms with Crippen molar-refractivity contribution < 1.29 is 0 Å². The minimum absolute atomic E-state index is 0.738. The molecule has 2 aromatic carbocycles. The molecule has 3 rings (SSSR count). The lowest BCUT2D eigenvalue weighted by molar-refractivity contribution is 1.03. The highest BCUT2D eigenvalue weighted by Crippen LogP contribution is 2.27. The van der Waals surface area contributed by atoms with E-state index in [1.807, 2.05) is 6.07 Å². The Labute approximate surface area is 121 Å². The topological polar surface area (TPSA) is 20.7 Å². The van der Waals surface area contributed by atoms with E-state index in [2.05, 4.69) is 59.1 Å². The van der Waals surface area contributed by atoms with Crippen LogP contribution in [0.3, 0.4) is 0 Å². The fourth-order valence-corrected chi connectivity index (χ4v) is 3.17. The third kappa shape index (κ3) is 2.11. The Morgan fingerprint density at radius 2 is 1.95 bits per heavy atom. The van der Waals surface area contributed by atoms with Crippen LogP contribution < -0.4 is 0 Å². The highest BCUT2D eigenvalue weighted by Gasteiger charge is 2.09. The summed E-state index contributed by atoms with van der Waals surface area (Å²) in [6, 6.07) is 14.7. The fraction of sp³-hybridized carbons (Fsp3) is 0.133. The molecule has 1 aromatic heterocycles. The first-order valence-electron chi connectivity index (χ1n) is 6.05. The van der Waals surface area contributed by atoms with Gasteiger partial charge in [0.25, 0.3) is 0 Å². The molecule has 0 aliphatic heterocycles. The van der Waals surface area contributed by atoms with Gasteiger partial charge in [0, 0.05) is 4.90 Å². The molecular weight excluding hydrogens is 272 g/mol. The number of rotatable bonds is 2. The molecule has 96 valence electrons. The van der Waals surface area contributed by atoms with E-state index in [-0.39, 0.29) is 0 Å². The van der Waals surface area contributed by atoms with Crippen LogP contribution >= 0.6 is 24.0 Å². The molecule has 3 aromatic rings. The summed E-state index contributed by atoms with van der Waals surface area (Å²) in [6.45, 7) is 2.09. The van der Waals surface area contributed by atoms with Crippen molar-refractivity contribution in [3.8, 4) is 5.69 Å². The van der Waals surface area contributed by atoms with Crippen molar-refractivity contribution in [3.05, 3.63) is 52.8 Å². The summed E-state index contributed by atoms with van der Waals surface area (Å²) in [5, 5.41) is 0. The number of hydrogen-bond acceptors (Lipinski definition) is 2. The zero-order valence-electron chi connectivity index (χ0n) is 10.8. The van der Waals surface area contributed by atoms with Gasteiger partial charge in [-0.25, -0.2) is 0 Å². The molecule has 0 radical (unpaired) electrons. The van der Waals surface area contributed by atoms with Crippen molar-refractivity contribution in [2.24, 2.45) is 0 Å². The third-order valence-electron chi connectivity index (χ3n) is 3.16. The number of fused-ring (bicyclic) bond motifs is 1. The first-order chi connectivity index (χ1) is 9.20. The molecule has 1 N–H and O–H groups in total. The highest BCUT2D eigenvalue weighted by atomic mass is 32.2. The van der Waals surface area contributed by atoms with Crippen molar-refractivity contribution in [1.82, 2.24) is 9.55 Å². The number of para-hydroxylation sites is 1. The Bertz CT molecular complexity index is 799. The maximum absolute atomic E-state index is 5.48. The number of nitrogens with zero attached hydrogens (tertiary/aromatic N) is 1. The predicted octanol–water partition coefficient (Wildman–Crippen LogP) is 4.72. The second-order valence-corrected chi connectivity index (χ2v) is 5.69. The molecule has 1 heterocycles. The Morgan fingerprint density at radius 3 is 2.74 bits per heavy atom. The second kappa shape index (κ2) is 4.87. The van der Waals surface area contributed by atoms with Crippen LogP contribution in [0.25, 0.3) is 16.7 Å². The van der Waals surface area contributed by atoms with Gasteiger partial charge in [0.2, 0.25) is 0 Å². The van der Waals surface area contributed by atoms with Gasteiger partial charge in [-0.15, -0.1) is 11.8 Å². The van der Waals surface area contributed by atoms with Crippen LogP contribution in [-0.2, 0) is 0 Å². The van der Waals surface area contributed by atoms with E-state index in [0.717, 1.165) is 21.5 Å². The van der Waals surface area contributed by atoms with Gasteiger partial charge in [-0.05, 0) is 55.2 Å². The lowest BCUT2D eigenvalue weighted by Crippen LogP contribution is -1.95. The lowest BCUT2D eigenvalue weighted by Gasteiger charge is -2.09. The van der Waals surface area contributed by atoms with Crippen LogP contribution in [0, 0.1) is 11.7 Å². The summed E-state index contributed by atoms with van der Waals surface area (Å²) in [5.74, 6) is 0. The summed E-state index contributed by atoms with van der Waals surface area (Å²) >= 11 is 7.22. The van der Waals surface area contributed by atoms with Gasteiger partial charge in [-0.2, -0.15) is 0 Å². The minimum Gasteiger partial charge on any atom is -0.330 e. The van der Waals surface area contributed by atoms with Gasteiger partial charge < -0.3 is 4.98 Å². The second-order valence-electron chi connectivity index (χ2n) is 4.46. The van der Waals surface area contributed by atoms with Crippen molar-refractivity contribution in [2.45, 2.75) is 11.8 Å². The molecule has 0 atom stereocenters. The van der Waals surface area contributed by atoms with E-state index in [0.29, 0.717) is 0 Å². The molecule has 0 fully saturated rings. The van der Waals surface area contributed by atoms with Gasteiger partial charge >= 0.3 is 0 Å². The maximum Gasteiger partial charge on any atom is 0.182 e.